The normalized spacial score (nSPS) is 10.4. The largest absolute Gasteiger partial charge is 0.497 e. The van der Waals surface area contributed by atoms with Gasteiger partial charge < -0.3 is 10.1 Å². The molecule has 0 bridgehead atoms. The molecule has 0 aliphatic heterocycles. The topological polar surface area (TPSA) is 34.1 Å². The van der Waals surface area contributed by atoms with Crippen LogP contribution in [0.1, 0.15) is 0 Å². The van der Waals surface area contributed by atoms with E-state index >= 15 is 0 Å². The first-order chi connectivity index (χ1) is 10.2. The van der Waals surface area contributed by atoms with Crippen molar-refractivity contribution in [3.8, 4) is 17.0 Å². The van der Waals surface area contributed by atoms with Gasteiger partial charge in [0.1, 0.15) is 5.75 Å². The third-order valence-electron chi connectivity index (χ3n) is 2.99. The fourth-order valence-corrected chi connectivity index (χ4v) is 2.98. The standard InChI is InChI=1S/C16H13IN2OS/c1-20-14-8-6-13(7-9-14)18-16-19-15(10-21-16)11-2-4-12(17)5-3-11/h2-10H,1H3,(H,18,19). The predicted molar refractivity (Wildman–Crippen MR) is 96.5 cm³/mol. The summed E-state index contributed by atoms with van der Waals surface area (Å²) in [5, 5.41) is 6.25. The molecule has 0 saturated carbocycles. The Morgan fingerprint density at radius 1 is 1.05 bits per heavy atom. The molecular formula is C16H13IN2OS. The lowest BCUT2D eigenvalue weighted by atomic mass is 10.2. The highest BCUT2D eigenvalue weighted by molar-refractivity contribution is 14.1. The summed E-state index contributed by atoms with van der Waals surface area (Å²) in [6.45, 7) is 0. The second-order valence-electron chi connectivity index (χ2n) is 4.40. The molecule has 2 aromatic carbocycles. The molecule has 0 spiro atoms. The Kier molecular flexibility index (Phi) is 4.40. The summed E-state index contributed by atoms with van der Waals surface area (Å²) in [5.41, 5.74) is 3.13. The number of hydrogen-bond acceptors (Lipinski definition) is 4. The molecule has 1 heterocycles. The fraction of sp³-hybridized carbons (Fsp3) is 0.0625. The smallest absolute Gasteiger partial charge is 0.187 e. The zero-order chi connectivity index (χ0) is 14.7. The third-order valence-corrected chi connectivity index (χ3v) is 4.46. The molecule has 3 rings (SSSR count). The first-order valence-electron chi connectivity index (χ1n) is 6.37. The molecule has 0 atom stereocenters. The number of methoxy groups -OCH3 is 1. The number of halogens is 1. The molecule has 0 radical (unpaired) electrons. The molecule has 5 heteroatoms. The summed E-state index contributed by atoms with van der Waals surface area (Å²) in [6, 6.07) is 16.2. The van der Waals surface area contributed by atoms with Crippen molar-refractivity contribution in [2.45, 2.75) is 0 Å². The van der Waals surface area contributed by atoms with Gasteiger partial charge in [0.15, 0.2) is 5.13 Å². The van der Waals surface area contributed by atoms with Crippen LogP contribution in [-0.2, 0) is 0 Å². The van der Waals surface area contributed by atoms with Gasteiger partial charge in [-0.15, -0.1) is 11.3 Å². The van der Waals surface area contributed by atoms with Crippen LogP contribution in [-0.4, -0.2) is 12.1 Å². The molecular weight excluding hydrogens is 395 g/mol. The Hall–Kier alpha value is -1.60. The average Bonchev–Trinajstić information content (AvgIpc) is 2.97. The lowest BCUT2D eigenvalue weighted by Gasteiger charge is -2.04. The SMILES string of the molecule is COc1ccc(Nc2nc(-c3ccc(I)cc3)cs2)cc1. The van der Waals surface area contributed by atoms with Gasteiger partial charge in [0.25, 0.3) is 0 Å². The Labute approximate surface area is 141 Å². The monoisotopic (exact) mass is 408 g/mol. The van der Waals surface area contributed by atoms with Crippen molar-refractivity contribution < 1.29 is 4.74 Å². The maximum absolute atomic E-state index is 5.15. The molecule has 106 valence electrons. The van der Waals surface area contributed by atoms with Crippen molar-refractivity contribution in [3.05, 3.63) is 57.5 Å². The number of anilines is 2. The molecule has 0 saturated heterocycles. The number of thiazole rings is 1. The maximum Gasteiger partial charge on any atom is 0.187 e. The second kappa shape index (κ2) is 6.44. The summed E-state index contributed by atoms with van der Waals surface area (Å²) >= 11 is 3.90. The van der Waals surface area contributed by atoms with Gasteiger partial charge in [-0.2, -0.15) is 0 Å². The van der Waals surface area contributed by atoms with Crippen molar-refractivity contribution in [1.82, 2.24) is 4.98 Å². The van der Waals surface area contributed by atoms with Crippen LogP contribution >= 0.6 is 33.9 Å². The first-order valence-corrected chi connectivity index (χ1v) is 8.33. The number of ether oxygens (including phenoxy) is 1. The van der Waals surface area contributed by atoms with E-state index in [-0.39, 0.29) is 0 Å². The van der Waals surface area contributed by atoms with E-state index in [9.17, 15) is 0 Å². The van der Waals surface area contributed by atoms with Crippen molar-refractivity contribution >= 4 is 44.7 Å². The van der Waals surface area contributed by atoms with Crippen molar-refractivity contribution in [3.63, 3.8) is 0 Å². The zero-order valence-corrected chi connectivity index (χ0v) is 14.3. The Bertz CT molecular complexity index is 723. The molecule has 0 aliphatic carbocycles. The number of aromatic nitrogens is 1. The van der Waals surface area contributed by atoms with E-state index in [4.69, 9.17) is 4.74 Å². The number of rotatable bonds is 4. The fourth-order valence-electron chi connectivity index (χ4n) is 1.88. The summed E-state index contributed by atoms with van der Waals surface area (Å²) < 4.78 is 6.37. The van der Waals surface area contributed by atoms with Crippen LogP contribution < -0.4 is 10.1 Å². The van der Waals surface area contributed by atoms with E-state index in [1.54, 1.807) is 18.4 Å². The predicted octanol–water partition coefficient (Wildman–Crippen LogP) is 5.17. The number of hydrogen-bond donors (Lipinski definition) is 1. The van der Waals surface area contributed by atoms with E-state index in [0.717, 1.165) is 27.8 Å². The minimum Gasteiger partial charge on any atom is -0.497 e. The minimum absolute atomic E-state index is 0.847. The van der Waals surface area contributed by atoms with Crippen LogP contribution in [0.2, 0.25) is 0 Å². The summed E-state index contributed by atoms with van der Waals surface area (Å²) in [6.07, 6.45) is 0. The van der Waals surface area contributed by atoms with Crippen molar-refractivity contribution in [2.24, 2.45) is 0 Å². The van der Waals surface area contributed by atoms with Gasteiger partial charge in [0.2, 0.25) is 0 Å². The lowest BCUT2D eigenvalue weighted by molar-refractivity contribution is 0.415. The summed E-state index contributed by atoms with van der Waals surface area (Å²) in [5.74, 6) is 0.847. The van der Waals surface area contributed by atoms with Gasteiger partial charge in [-0.1, -0.05) is 12.1 Å². The molecule has 0 unspecified atom stereocenters. The lowest BCUT2D eigenvalue weighted by Crippen LogP contribution is -1.90. The van der Waals surface area contributed by atoms with Gasteiger partial charge in [0, 0.05) is 20.2 Å². The Morgan fingerprint density at radius 3 is 2.43 bits per heavy atom. The van der Waals surface area contributed by atoms with Crippen molar-refractivity contribution in [2.75, 3.05) is 12.4 Å². The van der Waals surface area contributed by atoms with Crippen LogP contribution in [0, 0.1) is 3.57 Å². The van der Waals surface area contributed by atoms with E-state index in [1.807, 2.05) is 24.3 Å². The molecule has 0 fully saturated rings. The molecule has 1 aromatic heterocycles. The third kappa shape index (κ3) is 3.54. The zero-order valence-electron chi connectivity index (χ0n) is 11.3. The quantitative estimate of drug-likeness (QED) is 0.605. The van der Waals surface area contributed by atoms with Gasteiger partial charge in [-0.05, 0) is 59.0 Å². The highest BCUT2D eigenvalue weighted by Gasteiger charge is 2.05. The van der Waals surface area contributed by atoms with E-state index in [1.165, 1.54) is 3.57 Å². The van der Waals surface area contributed by atoms with Crippen LogP contribution in [0.5, 0.6) is 5.75 Å². The summed E-state index contributed by atoms with van der Waals surface area (Å²) in [7, 11) is 1.66. The number of nitrogens with zero attached hydrogens (tertiary/aromatic N) is 1. The molecule has 0 aliphatic rings. The molecule has 3 aromatic rings. The van der Waals surface area contributed by atoms with Gasteiger partial charge in [-0.3, -0.25) is 0 Å². The number of benzene rings is 2. The Morgan fingerprint density at radius 2 is 1.76 bits per heavy atom. The maximum atomic E-state index is 5.15. The van der Waals surface area contributed by atoms with E-state index in [0.29, 0.717) is 0 Å². The first kappa shape index (κ1) is 14.3. The van der Waals surface area contributed by atoms with Crippen LogP contribution in [0.3, 0.4) is 0 Å². The van der Waals surface area contributed by atoms with Crippen LogP contribution in [0.4, 0.5) is 10.8 Å². The average molecular weight is 408 g/mol. The Balaban J connectivity index is 1.76. The second-order valence-corrected chi connectivity index (χ2v) is 6.50. The number of nitrogens with one attached hydrogen (secondary N) is 1. The van der Waals surface area contributed by atoms with E-state index < -0.39 is 0 Å². The van der Waals surface area contributed by atoms with Gasteiger partial charge >= 0.3 is 0 Å². The highest BCUT2D eigenvalue weighted by Crippen LogP contribution is 2.28. The van der Waals surface area contributed by atoms with Gasteiger partial charge in [0.05, 0.1) is 12.8 Å². The minimum atomic E-state index is 0.847. The molecule has 21 heavy (non-hydrogen) atoms. The van der Waals surface area contributed by atoms with Crippen LogP contribution in [0.15, 0.2) is 53.9 Å². The molecule has 3 nitrogen and oxygen atoms in total. The highest BCUT2D eigenvalue weighted by atomic mass is 127. The summed E-state index contributed by atoms with van der Waals surface area (Å²) in [4.78, 5) is 4.62. The van der Waals surface area contributed by atoms with Gasteiger partial charge in [-0.25, -0.2) is 4.98 Å². The van der Waals surface area contributed by atoms with Crippen molar-refractivity contribution in [1.29, 1.82) is 0 Å². The molecule has 0 amide bonds. The van der Waals surface area contributed by atoms with Crippen LogP contribution in [0.25, 0.3) is 11.3 Å². The van der Waals surface area contributed by atoms with E-state index in [2.05, 4.69) is 62.5 Å². The molecule has 1 N–H and O–H groups in total.